The van der Waals surface area contributed by atoms with Crippen LogP contribution in [0.5, 0.6) is 5.75 Å². The molecule has 130 valence electrons. The van der Waals surface area contributed by atoms with Crippen LogP contribution < -0.4 is 5.32 Å². The van der Waals surface area contributed by atoms with Crippen LogP contribution in [0.1, 0.15) is 22.9 Å². The molecule has 2 aromatic carbocycles. The van der Waals surface area contributed by atoms with Gasteiger partial charge in [-0.15, -0.1) is 12.4 Å². The van der Waals surface area contributed by atoms with Crippen LogP contribution >= 0.6 is 12.4 Å². The van der Waals surface area contributed by atoms with Crippen molar-refractivity contribution < 1.29 is 14.6 Å². The molecular weight excluding hydrogens is 340 g/mol. The summed E-state index contributed by atoms with van der Waals surface area (Å²) in [6.45, 7) is 0. The number of hydrogen-bond donors (Lipinski definition) is 3. The van der Waals surface area contributed by atoms with Gasteiger partial charge in [0.1, 0.15) is 11.8 Å². The van der Waals surface area contributed by atoms with E-state index in [1.165, 1.54) is 7.11 Å². The van der Waals surface area contributed by atoms with Gasteiger partial charge >= 0.3 is 5.97 Å². The van der Waals surface area contributed by atoms with Crippen LogP contribution in [-0.2, 0) is 16.0 Å². The van der Waals surface area contributed by atoms with E-state index in [0.717, 1.165) is 27.7 Å². The first-order valence-electron chi connectivity index (χ1n) is 7.89. The van der Waals surface area contributed by atoms with Gasteiger partial charge in [-0.2, -0.15) is 0 Å². The topological polar surface area (TPSA) is 74.4 Å². The number of rotatable bonds is 2. The van der Waals surface area contributed by atoms with Gasteiger partial charge in [-0.25, -0.2) is 0 Å². The summed E-state index contributed by atoms with van der Waals surface area (Å²) in [5.41, 5.74) is 4.23. The number of H-pyrrole nitrogens is 1. The highest BCUT2D eigenvalue weighted by atomic mass is 35.5. The maximum absolute atomic E-state index is 12.1. The van der Waals surface area contributed by atoms with Crippen LogP contribution in [-0.4, -0.2) is 29.2 Å². The first-order valence-corrected chi connectivity index (χ1v) is 7.89. The highest BCUT2D eigenvalue weighted by Crippen LogP contribution is 2.35. The molecule has 0 spiro atoms. The minimum absolute atomic E-state index is 0. The number of fused-ring (bicyclic) bond motifs is 3. The summed E-state index contributed by atoms with van der Waals surface area (Å²) >= 11 is 0. The van der Waals surface area contributed by atoms with Crippen LogP contribution in [0, 0.1) is 0 Å². The third-order valence-corrected chi connectivity index (χ3v) is 4.62. The summed E-state index contributed by atoms with van der Waals surface area (Å²) in [7, 11) is 1.41. The van der Waals surface area contributed by atoms with Crippen molar-refractivity contribution in [2.24, 2.45) is 0 Å². The third kappa shape index (κ3) is 2.97. The first kappa shape index (κ1) is 17.3. The van der Waals surface area contributed by atoms with Gasteiger partial charge in [0.05, 0.1) is 13.2 Å². The summed E-state index contributed by atoms with van der Waals surface area (Å²) in [6.07, 6.45) is 0.584. The zero-order chi connectivity index (χ0) is 16.7. The van der Waals surface area contributed by atoms with Crippen LogP contribution in [0.25, 0.3) is 10.9 Å². The van der Waals surface area contributed by atoms with E-state index in [1.807, 2.05) is 30.3 Å². The maximum Gasteiger partial charge on any atom is 0.323 e. The molecule has 0 fully saturated rings. The highest BCUT2D eigenvalue weighted by molar-refractivity contribution is 5.87. The number of para-hydroxylation sites is 1. The van der Waals surface area contributed by atoms with Crippen LogP contribution in [0.2, 0.25) is 0 Å². The summed E-state index contributed by atoms with van der Waals surface area (Å²) in [5, 5.41) is 14.0. The number of benzene rings is 2. The normalized spacial score (nSPS) is 19.1. The monoisotopic (exact) mass is 358 g/mol. The lowest BCUT2D eigenvalue weighted by atomic mass is 9.90. The fourth-order valence-electron chi connectivity index (χ4n) is 3.46. The number of ether oxygens (including phenoxy) is 1. The molecule has 6 heteroatoms. The van der Waals surface area contributed by atoms with E-state index in [0.29, 0.717) is 6.42 Å². The Morgan fingerprint density at radius 1 is 1.16 bits per heavy atom. The lowest BCUT2D eigenvalue weighted by molar-refractivity contribution is -0.143. The number of hydrogen-bond acceptors (Lipinski definition) is 4. The Labute approximate surface area is 151 Å². The van der Waals surface area contributed by atoms with Crippen molar-refractivity contribution in [3.8, 4) is 5.75 Å². The molecule has 0 amide bonds. The molecule has 0 aliphatic carbocycles. The van der Waals surface area contributed by atoms with E-state index in [9.17, 15) is 9.90 Å². The number of phenolic OH excluding ortho intramolecular Hbond substituents is 1. The second-order valence-corrected chi connectivity index (χ2v) is 6.03. The minimum atomic E-state index is -0.402. The fourth-order valence-corrected chi connectivity index (χ4v) is 3.46. The molecule has 4 rings (SSSR count). The van der Waals surface area contributed by atoms with Gasteiger partial charge in [0.2, 0.25) is 0 Å². The molecule has 0 bridgehead atoms. The van der Waals surface area contributed by atoms with E-state index in [2.05, 4.69) is 16.4 Å². The molecule has 1 aromatic heterocycles. The van der Waals surface area contributed by atoms with Crippen molar-refractivity contribution >= 4 is 29.3 Å². The molecule has 0 saturated carbocycles. The molecule has 3 aromatic rings. The van der Waals surface area contributed by atoms with E-state index >= 15 is 0 Å². The Balaban J connectivity index is 0.00000182. The quantitative estimate of drug-likeness (QED) is 0.615. The molecule has 0 radical (unpaired) electrons. The molecular formula is C19H19ClN2O3. The zero-order valence-electron chi connectivity index (χ0n) is 13.7. The largest absolute Gasteiger partial charge is 0.508 e. The smallest absolute Gasteiger partial charge is 0.323 e. The molecule has 1 aliphatic heterocycles. The van der Waals surface area contributed by atoms with Crippen molar-refractivity contribution in [2.45, 2.75) is 18.5 Å². The van der Waals surface area contributed by atoms with Crippen molar-refractivity contribution in [3.05, 3.63) is 65.4 Å². The zero-order valence-corrected chi connectivity index (χ0v) is 14.5. The summed E-state index contributed by atoms with van der Waals surface area (Å²) in [5.74, 6) is -0.0503. The highest BCUT2D eigenvalue weighted by Gasteiger charge is 2.34. The van der Waals surface area contributed by atoms with Gasteiger partial charge < -0.3 is 14.8 Å². The lowest BCUT2D eigenvalue weighted by Gasteiger charge is -2.30. The lowest BCUT2D eigenvalue weighted by Crippen LogP contribution is -2.45. The first-order chi connectivity index (χ1) is 11.7. The number of carbonyl (C=O) groups is 1. The SMILES string of the molecule is COC(=O)[C@@H]1Cc2c([nH]c3ccccc23)[C@@H](c2ccc(O)cc2)N1.Cl. The Bertz CT molecular complexity index is 905. The number of nitrogens with one attached hydrogen (secondary N) is 2. The van der Waals surface area contributed by atoms with Crippen LogP contribution in [0.3, 0.4) is 0 Å². The molecule has 0 unspecified atom stereocenters. The van der Waals surface area contributed by atoms with E-state index < -0.39 is 6.04 Å². The number of aromatic hydroxyl groups is 1. The number of aromatic amines is 1. The number of halogens is 1. The molecule has 2 atom stereocenters. The Morgan fingerprint density at radius 2 is 1.88 bits per heavy atom. The van der Waals surface area contributed by atoms with E-state index in [1.54, 1.807) is 12.1 Å². The van der Waals surface area contributed by atoms with Crippen molar-refractivity contribution in [3.63, 3.8) is 0 Å². The average Bonchev–Trinajstić information content (AvgIpc) is 2.99. The predicted octanol–water partition coefficient (Wildman–Crippen LogP) is 3.07. The molecule has 1 aliphatic rings. The van der Waals surface area contributed by atoms with Crippen LogP contribution in [0.4, 0.5) is 0 Å². The van der Waals surface area contributed by atoms with Crippen molar-refractivity contribution in [2.75, 3.05) is 7.11 Å². The Hall–Kier alpha value is -2.50. The Kier molecular flexibility index (Phi) is 4.70. The van der Waals surface area contributed by atoms with E-state index in [4.69, 9.17) is 4.74 Å². The summed E-state index contributed by atoms with van der Waals surface area (Å²) in [4.78, 5) is 15.6. The molecule has 2 heterocycles. The predicted molar refractivity (Wildman–Crippen MR) is 98.1 cm³/mol. The third-order valence-electron chi connectivity index (χ3n) is 4.62. The second-order valence-electron chi connectivity index (χ2n) is 6.03. The summed E-state index contributed by atoms with van der Waals surface area (Å²) < 4.78 is 4.95. The van der Waals surface area contributed by atoms with Gasteiger partial charge in [-0.3, -0.25) is 10.1 Å². The van der Waals surface area contributed by atoms with Crippen molar-refractivity contribution in [1.82, 2.24) is 10.3 Å². The number of carbonyl (C=O) groups excluding carboxylic acids is 1. The van der Waals surface area contributed by atoms with Gasteiger partial charge in [0.25, 0.3) is 0 Å². The summed E-state index contributed by atoms with van der Waals surface area (Å²) in [6, 6.07) is 14.6. The van der Waals surface area contributed by atoms with Gasteiger partial charge in [-0.05, 0) is 29.3 Å². The number of methoxy groups -OCH3 is 1. The number of phenols is 1. The number of esters is 1. The molecule has 0 saturated heterocycles. The van der Waals surface area contributed by atoms with Crippen LogP contribution in [0.15, 0.2) is 48.5 Å². The molecule has 3 N–H and O–H groups in total. The molecule has 5 nitrogen and oxygen atoms in total. The molecule has 25 heavy (non-hydrogen) atoms. The second kappa shape index (κ2) is 6.78. The van der Waals surface area contributed by atoms with Gasteiger partial charge in [0.15, 0.2) is 0 Å². The Morgan fingerprint density at radius 3 is 2.60 bits per heavy atom. The number of aromatic nitrogens is 1. The van der Waals surface area contributed by atoms with Gasteiger partial charge in [0, 0.05) is 23.0 Å². The van der Waals surface area contributed by atoms with Crippen molar-refractivity contribution in [1.29, 1.82) is 0 Å². The standard InChI is InChI=1S/C19H18N2O3.ClH/c1-24-19(23)16-10-14-13-4-2-3-5-15(13)20-18(14)17(21-16)11-6-8-12(22)9-7-11;/h2-9,16-17,20-22H,10H2,1H3;1H/t16-,17+;/m0./s1. The van der Waals surface area contributed by atoms with E-state index in [-0.39, 0.29) is 30.2 Å². The minimum Gasteiger partial charge on any atom is -0.508 e. The fraction of sp³-hybridized carbons (Fsp3) is 0.211. The average molecular weight is 359 g/mol. The maximum atomic E-state index is 12.1. The van der Waals surface area contributed by atoms with Gasteiger partial charge in [-0.1, -0.05) is 30.3 Å².